The standard InChI is InChI=1S/C15H28N2O3/c1-4-20-15(19)11-5-7-12(8-6-11)17-14(18)9-13(16)10(2)3/h10-13H,4-9,16H2,1-3H3,(H,17,18). The van der Waals surface area contributed by atoms with Gasteiger partial charge in [-0.05, 0) is 38.5 Å². The summed E-state index contributed by atoms with van der Waals surface area (Å²) in [4.78, 5) is 23.5. The molecule has 0 radical (unpaired) electrons. The van der Waals surface area contributed by atoms with Crippen molar-refractivity contribution in [3.05, 3.63) is 0 Å². The molecule has 0 spiro atoms. The Kier molecular flexibility index (Phi) is 6.99. The molecule has 0 heterocycles. The number of nitrogens with two attached hydrogens (primary N) is 1. The van der Waals surface area contributed by atoms with E-state index >= 15 is 0 Å². The second-order valence-electron chi connectivity index (χ2n) is 5.98. The van der Waals surface area contributed by atoms with Gasteiger partial charge in [0.2, 0.25) is 5.91 Å². The molecule has 0 bridgehead atoms. The predicted molar refractivity (Wildman–Crippen MR) is 78.0 cm³/mol. The third-order valence-electron chi connectivity index (χ3n) is 3.99. The second-order valence-corrected chi connectivity index (χ2v) is 5.98. The van der Waals surface area contributed by atoms with Crippen molar-refractivity contribution in [2.75, 3.05) is 6.61 Å². The van der Waals surface area contributed by atoms with E-state index in [0.717, 1.165) is 25.7 Å². The van der Waals surface area contributed by atoms with Gasteiger partial charge >= 0.3 is 5.97 Å². The van der Waals surface area contributed by atoms with Gasteiger partial charge in [0, 0.05) is 18.5 Å². The maximum absolute atomic E-state index is 11.9. The molecule has 0 aromatic rings. The van der Waals surface area contributed by atoms with Crippen molar-refractivity contribution in [3.8, 4) is 0 Å². The highest BCUT2D eigenvalue weighted by Gasteiger charge is 2.28. The topological polar surface area (TPSA) is 81.4 Å². The van der Waals surface area contributed by atoms with Gasteiger partial charge < -0.3 is 15.8 Å². The maximum atomic E-state index is 11.9. The largest absolute Gasteiger partial charge is 0.466 e. The number of rotatable bonds is 6. The summed E-state index contributed by atoms with van der Waals surface area (Å²) in [5.74, 6) is 0.228. The molecule has 5 nitrogen and oxygen atoms in total. The van der Waals surface area contributed by atoms with Crippen molar-refractivity contribution in [2.24, 2.45) is 17.6 Å². The van der Waals surface area contributed by atoms with E-state index in [1.807, 2.05) is 20.8 Å². The third kappa shape index (κ3) is 5.49. The molecule has 0 aliphatic heterocycles. The molecular weight excluding hydrogens is 256 g/mol. The zero-order chi connectivity index (χ0) is 15.1. The third-order valence-corrected chi connectivity index (χ3v) is 3.99. The van der Waals surface area contributed by atoms with Crippen LogP contribution >= 0.6 is 0 Å². The van der Waals surface area contributed by atoms with Crippen LogP contribution in [0, 0.1) is 11.8 Å². The zero-order valence-electron chi connectivity index (χ0n) is 12.9. The minimum Gasteiger partial charge on any atom is -0.466 e. The van der Waals surface area contributed by atoms with Gasteiger partial charge in [0.1, 0.15) is 0 Å². The Hall–Kier alpha value is -1.10. The molecule has 5 heteroatoms. The van der Waals surface area contributed by atoms with Crippen LogP contribution in [0.4, 0.5) is 0 Å². The summed E-state index contributed by atoms with van der Waals surface area (Å²) < 4.78 is 5.03. The number of esters is 1. The average molecular weight is 284 g/mol. The lowest BCUT2D eigenvalue weighted by atomic mass is 9.86. The van der Waals surface area contributed by atoms with Crippen LogP contribution in [0.1, 0.15) is 52.9 Å². The Balaban J connectivity index is 2.28. The fraction of sp³-hybridized carbons (Fsp3) is 0.867. The predicted octanol–water partition coefficient (Wildman–Crippen LogP) is 1.60. The summed E-state index contributed by atoms with van der Waals surface area (Å²) in [6, 6.07) is 0.0819. The molecule has 1 aliphatic carbocycles. The van der Waals surface area contributed by atoms with Gasteiger partial charge in [0.05, 0.1) is 12.5 Å². The summed E-state index contributed by atoms with van der Waals surface area (Å²) in [5.41, 5.74) is 5.90. The van der Waals surface area contributed by atoms with Crippen LogP contribution in [-0.4, -0.2) is 30.6 Å². The van der Waals surface area contributed by atoms with E-state index in [9.17, 15) is 9.59 Å². The highest BCUT2D eigenvalue weighted by Crippen LogP contribution is 2.25. The highest BCUT2D eigenvalue weighted by molar-refractivity contribution is 5.77. The quantitative estimate of drug-likeness (QED) is 0.726. The van der Waals surface area contributed by atoms with Crippen LogP contribution in [0.15, 0.2) is 0 Å². The Morgan fingerprint density at radius 2 is 1.85 bits per heavy atom. The summed E-state index contributed by atoms with van der Waals surface area (Å²) in [7, 11) is 0. The van der Waals surface area contributed by atoms with Gasteiger partial charge in [-0.1, -0.05) is 13.8 Å². The monoisotopic (exact) mass is 284 g/mol. The van der Waals surface area contributed by atoms with Gasteiger partial charge in [0.15, 0.2) is 0 Å². The van der Waals surface area contributed by atoms with Crippen molar-refractivity contribution in [2.45, 2.75) is 65.0 Å². The lowest BCUT2D eigenvalue weighted by molar-refractivity contribution is -0.149. The number of nitrogens with one attached hydrogen (secondary N) is 1. The summed E-state index contributed by atoms with van der Waals surface area (Å²) >= 11 is 0. The molecule has 1 aliphatic rings. The van der Waals surface area contributed by atoms with Crippen LogP contribution in [0.5, 0.6) is 0 Å². The zero-order valence-corrected chi connectivity index (χ0v) is 12.9. The molecule has 0 aromatic heterocycles. The highest BCUT2D eigenvalue weighted by atomic mass is 16.5. The molecule has 20 heavy (non-hydrogen) atoms. The van der Waals surface area contributed by atoms with Gasteiger partial charge in [-0.25, -0.2) is 0 Å². The molecule has 3 N–H and O–H groups in total. The van der Waals surface area contributed by atoms with E-state index in [2.05, 4.69) is 5.32 Å². The maximum Gasteiger partial charge on any atom is 0.308 e. The summed E-state index contributed by atoms with van der Waals surface area (Å²) in [5, 5.41) is 3.03. The van der Waals surface area contributed by atoms with E-state index < -0.39 is 0 Å². The summed E-state index contributed by atoms with van der Waals surface area (Å²) in [6.45, 7) is 6.29. The van der Waals surface area contributed by atoms with E-state index in [1.54, 1.807) is 0 Å². The second kappa shape index (κ2) is 8.25. The first-order valence-corrected chi connectivity index (χ1v) is 7.65. The van der Waals surface area contributed by atoms with Gasteiger partial charge in [0.25, 0.3) is 0 Å². The van der Waals surface area contributed by atoms with Crippen LogP contribution in [0.2, 0.25) is 0 Å². The van der Waals surface area contributed by atoms with Crippen LogP contribution < -0.4 is 11.1 Å². The molecule has 0 saturated heterocycles. The minimum absolute atomic E-state index is 0.000947. The Labute approximate surface area is 121 Å². The number of carbonyl (C=O) groups is 2. The molecule has 0 aromatic carbocycles. The number of ether oxygens (including phenoxy) is 1. The first kappa shape index (κ1) is 17.0. The molecule has 1 fully saturated rings. The number of amides is 1. The van der Waals surface area contributed by atoms with Crippen molar-refractivity contribution < 1.29 is 14.3 Å². The van der Waals surface area contributed by atoms with E-state index in [4.69, 9.17) is 10.5 Å². The number of carbonyl (C=O) groups excluding carboxylic acids is 2. The van der Waals surface area contributed by atoms with Gasteiger partial charge in [-0.2, -0.15) is 0 Å². The SMILES string of the molecule is CCOC(=O)C1CCC(NC(=O)CC(N)C(C)C)CC1. The molecule has 1 atom stereocenters. The fourth-order valence-corrected chi connectivity index (χ4v) is 2.47. The minimum atomic E-state index is -0.0980. The van der Waals surface area contributed by atoms with Crippen molar-refractivity contribution in [1.82, 2.24) is 5.32 Å². The van der Waals surface area contributed by atoms with E-state index in [1.165, 1.54) is 0 Å². The molecule has 1 unspecified atom stereocenters. The Bertz CT molecular complexity index is 323. The Morgan fingerprint density at radius 1 is 1.25 bits per heavy atom. The van der Waals surface area contributed by atoms with Gasteiger partial charge in [-0.15, -0.1) is 0 Å². The number of hydrogen-bond donors (Lipinski definition) is 2. The number of hydrogen-bond acceptors (Lipinski definition) is 4. The lowest BCUT2D eigenvalue weighted by Crippen LogP contribution is -2.42. The molecule has 1 saturated carbocycles. The normalized spacial score (nSPS) is 24.2. The van der Waals surface area contributed by atoms with Crippen LogP contribution in [0.25, 0.3) is 0 Å². The van der Waals surface area contributed by atoms with Crippen LogP contribution in [0.3, 0.4) is 0 Å². The van der Waals surface area contributed by atoms with Gasteiger partial charge in [-0.3, -0.25) is 9.59 Å². The van der Waals surface area contributed by atoms with E-state index in [0.29, 0.717) is 18.9 Å². The molecule has 116 valence electrons. The average Bonchev–Trinajstić information content (AvgIpc) is 2.39. The molecule has 1 rings (SSSR count). The smallest absolute Gasteiger partial charge is 0.308 e. The van der Waals surface area contributed by atoms with Crippen molar-refractivity contribution in [1.29, 1.82) is 0 Å². The van der Waals surface area contributed by atoms with Crippen LogP contribution in [-0.2, 0) is 14.3 Å². The van der Waals surface area contributed by atoms with Crippen molar-refractivity contribution in [3.63, 3.8) is 0 Å². The first-order valence-electron chi connectivity index (χ1n) is 7.65. The molecule has 1 amide bonds. The first-order chi connectivity index (χ1) is 9.43. The Morgan fingerprint density at radius 3 is 2.35 bits per heavy atom. The molecular formula is C15H28N2O3. The fourth-order valence-electron chi connectivity index (χ4n) is 2.47. The van der Waals surface area contributed by atoms with Crippen molar-refractivity contribution >= 4 is 11.9 Å². The van der Waals surface area contributed by atoms with E-state index in [-0.39, 0.29) is 29.9 Å². The lowest BCUT2D eigenvalue weighted by Gasteiger charge is -2.28. The summed E-state index contributed by atoms with van der Waals surface area (Å²) in [6.07, 6.45) is 3.63.